The predicted octanol–water partition coefficient (Wildman–Crippen LogP) is 16.0. The summed E-state index contributed by atoms with van der Waals surface area (Å²) in [5.41, 5.74) is 13.1. The Morgan fingerprint density at radius 2 is 0.946 bits per heavy atom. The minimum absolute atomic E-state index is 0.124. The van der Waals surface area contributed by atoms with Gasteiger partial charge in [-0.2, -0.15) is 0 Å². The highest BCUT2D eigenvalue weighted by Gasteiger charge is 2.37. The monoisotopic (exact) mass is 728 g/mol. The Bertz CT molecular complexity index is 3390. The fourth-order valence-corrected chi connectivity index (χ4v) is 11.3. The first-order valence-corrected chi connectivity index (χ1v) is 20.4. The molecule has 10 aromatic carbocycles. The molecule has 0 bridgehead atoms. The highest BCUT2D eigenvalue weighted by molar-refractivity contribution is 7.26. The predicted molar refractivity (Wildman–Crippen MR) is 243 cm³/mol. The molecule has 0 aliphatic heterocycles. The van der Waals surface area contributed by atoms with Crippen molar-refractivity contribution in [3.8, 4) is 44.5 Å². The lowest BCUT2D eigenvalue weighted by atomic mass is 9.81. The van der Waals surface area contributed by atoms with Gasteiger partial charge in [0.2, 0.25) is 0 Å². The Hall–Kier alpha value is -6.54. The summed E-state index contributed by atoms with van der Waals surface area (Å²) in [5, 5.41) is 13.1. The van der Waals surface area contributed by atoms with Crippen LogP contribution in [-0.4, -0.2) is 0 Å². The van der Waals surface area contributed by atoms with E-state index >= 15 is 0 Å². The maximum atomic E-state index is 2.48. The summed E-state index contributed by atoms with van der Waals surface area (Å²) in [4.78, 5) is 0. The molecule has 0 N–H and O–H groups in total. The van der Waals surface area contributed by atoms with E-state index in [9.17, 15) is 0 Å². The van der Waals surface area contributed by atoms with E-state index in [1.54, 1.807) is 0 Å². The summed E-state index contributed by atoms with van der Waals surface area (Å²) in [6.07, 6.45) is 0. The molecule has 0 spiro atoms. The first-order valence-electron chi connectivity index (χ1n) is 19.6. The molecule has 11 aromatic rings. The van der Waals surface area contributed by atoms with Crippen LogP contribution in [0.2, 0.25) is 0 Å². The fourth-order valence-electron chi connectivity index (χ4n) is 10.0. The smallest absolute Gasteiger partial charge is 0.0434 e. The van der Waals surface area contributed by atoms with Crippen molar-refractivity contribution >= 4 is 74.6 Å². The van der Waals surface area contributed by atoms with Gasteiger partial charge in [0.15, 0.2) is 0 Å². The number of fused-ring (bicyclic) bond motifs is 12. The third kappa shape index (κ3) is 4.41. The van der Waals surface area contributed by atoms with E-state index in [0.29, 0.717) is 0 Å². The van der Waals surface area contributed by atoms with Gasteiger partial charge in [-0.15, -0.1) is 11.3 Å². The molecule has 1 aliphatic rings. The second-order valence-corrected chi connectivity index (χ2v) is 17.0. The number of hydrogen-bond acceptors (Lipinski definition) is 1. The Morgan fingerprint density at radius 1 is 0.357 bits per heavy atom. The zero-order valence-electron chi connectivity index (χ0n) is 31.2. The normalized spacial score (nSPS) is 13.3. The van der Waals surface area contributed by atoms with Gasteiger partial charge in [-0.25, -0.2) is 0 Å². The van der Waals surface area contributed by atoms with Crippen molar-refractivity contribution < 1.29 is 0 Å². The molecule has 0 atom stereocenters. The minimum Gasteiger partial charge on any atom is -0.135 e. The number of thiophene rings is 1. The molecule has 1 aliphatic carbocycles. The lowest BCUT2D eigenvalue weighted by Crippen LogP contribution is -2.14. The summed E-state index contributed by atoms with van der Waals surface area (Å²) >= 11 is 1.93. The molecular formula is C55H36S. The van der Waals surface area contributed by atoms with E-state index in [0.717, 1.165) is 0 Å². The minimum atomic E-state index is -0.124. The van der Waals surface area contributed by atoms with Crippen molar-refractivity contribution in [3.05, 3.63) is 193 Å². The zero-order chi connectivity index (χ0) is 37.1. The SMILES string of the molecule is CC1(C)c2cc(-c3cccc(-c4c5ccccc5c(-c5cccc6ccccc56)c5ccccc45)c3)ccc2-c2c1ccc1sc3c4ccccc4ccc3c21. The van der Waals surface area contributed by atoms with Crippen LogP contribution in [-0.2, 0) is 5.41 Å². The Morgan fingerprint density at radius 3 is 1.70 bits per heavy atom. The highest BCUT2D eigenvalue weighted by Crippen LogP contribution is 2.55. The molecule has 56 heavy (non-hydrogen) atoms. The first kappa shape index (κ1) is 31.8. The molecule has 1 heterocycles. The van der Waals surface area contributed by atoms with Crippen LogP contribution >= 0.6 is 11.3 Å². The van der Waals surface area contributed by atoms with Crippen LogP contribution in [0.5, 0.6) is 0 Å². The standard InChI is InChI=1S/C55H36S/c1-55(2)47-29-30-49-53(46-28-25-34-14-4-6-19-39(34)54(46)56-49)52(47)45-27-26-36(32-48(45)55)35-16-11-17-37(31-35)50-41-20-7-9-22-43(41)51(44-23-10-8-21-42(44)50)40-24-12-15-33-13-3-5-18-38(33)40/h3-32H,1-2H3. The third-order valence-electron chi connectivity index (χ3n) is 12.6. The molecule has 0 fully saturated rings. The molecule has 0 saturated heterocycles. The second-order valence-electron chi connectivity index (χ2n) is 16.0. The van der Waals surface area contributed by atoms with Gasteiger partial charge in [0, 0.05) is 25.6 Å². The summed E-state index contributed by atoms with van der Waals surface area (Å²) < 4.78 is 2.75. The lowest BCUT2D eigenvalue weighted by molar-refractivity contribution is 0.661. The summed E-state index contributed by atoms with van der Waals surface area (Å²) in [6.45, 7) is 4.81. The molecule has 1 heteroatoms. The quantitative estimate of drug-likeness (QED) is 0.159. The number of rotatable bonds is 3. The Kier molecular flexibility index (Phi) is 6.66. The van der Waals surface area contributed by atoms with Crippen LogP contribution in [0.15, 0.2) is 182 Å². The molecule has 0 unspecified atom stereocenters. The first-order chi connectivity index (χ1) is 27.5. The molecular weight excluding hydrogens is 693 g/mol. The molecule has 0 amide bonds. The van der Waals surface area contributed by atoms with Crippen molar-refractivity contribution in [2.45, 2.75) is 19.3 Å². The fraction of sp³-hybridized carbons (Fsp3) is 0.0545. The average Bonchev–Trinajstić information content (AvgIpc) is 3.74. The molecule has 0 radical (unpaired) electrons. The molecule has 1 aromatic heterocycles. The lowest BCUT2D eigenvalue weighted by Gasteiger charge is -2.22. The Balaban J connectivity index is 1.04. The molecule has 12 rings (SSSR count). The van der Waals surface area contributed by atoms with Crippen LogP contribution < -0.4 is 0 Å². The van der Waals surface area contributed by atoms with E-state index in [2.05, 4.69) is 196 Å². The summed E-state index contributed by atoms with van der Waals surface area (Å²) in [6, 6.07) is 68.1. The van der Waals surface area contributed by atoms with Gasteiger partial charge in [-0.3, -0.25) is 0 Å². The molecule has 0 nitrogen and oxygen atoms in total. The van der Waals surface area contributed by atoms with E-state index in [1.807, 2.05) is 11.3 Å². The van der Waals surface area contributed by atoms with Crippen LogP contribution in [0.3, 0.4) is 0 Å². The van der Waals surface area contributed by atoms with Gasteiger partial charge < -0.3 is 0 Å². The van der Waals surface area contributed by atoms with Crippen LogP contribution in [0.4, 0.5) is 0 Å². The van der Waals surface area contributed by atoms with E-state index in [-0.39, 0.29) is 5.41 Å². The molecule has 262 valence electrons. The van der Waals surface area contributed by atoms with Crippen molar-refractivity contribution in [3.63, 3.8) is 0 Å². The van der Waals surface area contributed by atoms with Crippen molar-refractivity contribution in [1.82, 2.24) is 0 Å². The van der Waals surface area contributed by atoms with Crippen LogP contribution in [0.25, 0.3) is 108 Å². The van der Waals surface area contributed by atoms with Gasteiger partial charge in [0.1, 0.15) is 0 Å². The summed E-state index contributed by atoms with van der Waals surface area (Å²) in [7, 11) is 0. The van der Waals surface area contributed by atoms with Crippen molar-refractivity contribution in [2.75, 3.05) is 0 Å². The topological polar surface area (TPSA) is 0 Å². The maximum Gasteiger partial charge on any atom is 0.0434 e. The summed E-state index contributed by atoms with van der Waals surface area (Å²) in [5.74, 6) is 0. The molecule has 0 saturated carbocycles. The largest absolute Gasteiger partial charge is 0.135 e. The third-order valence-corrected chi connectivity index (χ3v) is 13.8. The highest BCUT2D eigenvalue weighted by atomic mass is 32.1. The van der Waals surface area contributed by atoms with E-state index in [4.69, 9.17) is 0 Å². The van der Waals surface area contributed by atoms with Gasteiger partial charge in [0.05, 0.1) is 0 Å². The van der Waals surface area contributed by atoms with Crippen molar-refractivity contribution in [2.24, 2.45) is 0 Å². The number of hydrogen-bond donors (Lipinski definition) is 0. The second kappa shape index (κ2) is 11.7. The Labute approximate surface area is 329 Å². The van der Waals surface area contributed by atoms with Crippen molar-refractivity contribution in [1.29, 1.82) is 0 Å². The van der Waals surface area contributed by atoms with Gasteiger partial charge in [-0.1, -0.05) is 178 Å². The van der Waals surface area contributed by atoms with Crippen LogP contribution in [0.1, 0.15) is 25.0 Å². The van der Waals surface area contributed by atoms with Crippen LogP contribution in [0, 0.1) is 0 Å². The van der Waals surface area contributed by atoms with E-state index in [1.165, 1.54) is 119 Å². The van der Waals surface area contributed by atoms with Gasteiger partial charge in [0.25, 0.3) is 0 Å². The number of benzene rings is 10. The van der Waals surface area contributed by atoms with Gasteiger partial charge >= 0.3 is 0 Å². The average molecular weight is 729 g/mol. The van der Waals surface area contributed by atoms with Gasteiger partial charge in [-0.05, 0) is 117 Å². The van der Waals surface area contributed by atoms with E-state index < -0.39 is 0 Å². The zero-order valence-corrected chi connectivity index (χ0v) is 32.0. The maximum absolute atomic E-state index is 2.48.